The van der Waals surface area contributed by atoms with E-state index >= 15 is 0 Å². The maximum atomic E-state index is 14.8. The highest BCUT2D eigenvalue weighted by Crippen LogP contribution is 2.61. The summed E-state index contributed by atoms with van der Waals surface area (Å²) >= 11 is 6.58. The second kappa shape index (κ2) is 9.92. The highest BCUT2D eigenvalue weighted by molar-refractivity contribution is 6.35. The Balaban J connectivity index is 1.57. The Kier molecular flexibility index (Phi) is 6.25. The summed E-state index contributed by atoms with van der Waals surface area (Å²) in [6.07, 6.45) is 3.47. The molecular formula is C35H25ClFNO5. The Morgan fingerprint density at radius 3 is 2.21 bits per heavy atom. The van der Waals surface area contributed by atoms with Crippen molar-refractivity contribution >= 4 is 40.7 Å². The number of benzene rings is 4. The van der Waals surface area contributed by atoms with Crippen molar-refractivity contribution in [2.45, 2.75) is 18.0 Å². The van der Waals surface area contributed by atoms with Crippen LogP contribution >= 0.6 is 11.6 Å². The number of carbonyl (C=O) groups is 3. The second-order valence-corrected chi connectivity index (χ2v) is 11.3. The van der Waals surface area contributed by atoms with Gasteiger partial charge in [-0.05, 0) is 48.0 Å². The quantitative estimate of drug-likeness (QED) is 0.187. The normalized spacial score (nSPS) is 21.0. The zero-order chi connectivity index (χ0) is 30.0. The fraction of sp³-hybridized carbons (Fsp3) is 0.171. The highest BCUT2D eigenvalue weighted by atomic mass is 35.5. The van der Waals surface area contributed by atoms with Crippen LogP contribution in [0.1, 0.15) is 48.1 Å². The molecule has 3 atom stereocenters. The molecular weight excluding hydrogens is 569 g/mol. The standard InChI is InChI=1S/C35H25ClFNO5/c1-42-27-15-11-20(18-28(27)43-2)30-31(32(39)24-9-5-6-10-25(24)36)38-26-14-13-21(37)17-19(26)12-16-29(38)35(30)33(40)22-7-3-4-8-23(22)34(35)41/h3-18,29-31H,1-2H3. The molecule has 7 rings (SSSR count). The van der Waals surface area contributed by atoms with Crippen molar-refractivity contribution in [1.29, 1.82) is 0 Å². The van der Waals surface area contributed by atoms with E-state index in [4.69, 9.17) is 21.1 Å². The van der Waals surface area contributed by atoms with E-state index in [1.807, 2.05) is 4.90 Å². The number of anilines is 1. The number of nitrogens with zero attached hydrogens (tertiary/aromatic N) is 1. The van der Waals surface area contributed by atoms with Gasteiger partial charge in [-0.2, -0.15) is 0 Å². The molecule has 4 aromatic carbocycles. The predicted octanol–water partition coefficient (Wildman–Crippen LogP) is 6.81. The van der Waals surface area contributed by atoms with Gasteiger partial charge in [-0.25, -0.2) is 4.39 Å². The zero-order valence-corrected chi connectivity index (χ0v) is 24.0. The van der Waals surface area contributed by atoms with Crippen molar-refractivity contribution in [3.8, 4) is 11.5 Å². The second-order valence-electron chi connectivity index (χ2n) is 10.9. The third-order valence-electron chi connectivity index (χ3n) is 8.94. The molecule has 0 aromatic heterocycles. The van der Waals surface area contributed by atoms with Gasteiger partial charge in [-0.3, -0.25) is 14.4 Å². The van der Waals surface area contributed by atoms with E-state index in [2.05, 4.69) is 0 Å². The van der Waals surface area contributed by atoms with E-state index in [0.29, 0.717) is 39.4 Å². The number of halogens is 2. The van der Waals surface area contributed by atoms with Crippen LogP contribution in [0.15, 0.2) is 91.0 Å². The number of rotatable bonds is 5. The minimum atomic E-state index is -1.71. The lowest BCUT2D eigenvalue weighted by Crippen LogP contribution is -2.48. The van der Waals surface area contributed by atoms with Crippen LogP contribution in [-0.4, -0.2) is 43.7 Å². The Morgan fingerprint density at radius 1 is 0.860 bits per heavy atom. The SMILES string of the molecule is COc1ccc(C2C(C(=O)c3ccccc3Cl)N3c4ccc(F)cc4C=CC3C23C(=O)c2ccccc2C3=O)cc1OC. The molecule has 0 bridgehead atoms. The Morgan fingerprint density at radius 2 is 1.53 bits per heavy atom. The molecule has 3 unspecified atom stereocenters. The summed E-state index contributed by atoms with van der Waals surface area (Å²) in [5, 5.41) is 0.246. The molecule has 214 valence electrons. The topological polar surface area (TPSA) is 72.9 Å². The maximum Gasteiger partial charge on any atom is 0.187 e. The van der Waals surface area contributed by atoms with Gasteiger partial charge in [-0.15, -0.1) is 0 Å². The fourth-order valence-electron chi connectivity index (χ4n) is 7.19. The molecule has 1 fully saturated rings. The number of hydrogen-bond donors (Lipinski definition) is 0. The molecule has 43 heavy (non-hydrogen) atoms. The van der Waals surface area contributed by atoms with Gasteiger partial charge in [0, 0.05) is 33.9 Å². The lowest BCUT2D eigenvalue weighted by molar-refractivity contribution is 0.0665. The summed E-state index contributed by atoms with van der Waals surface area (Å²) in [5.74, 6) is -1.68. The third-order valence-corrected chi connectivity index (χ3v) is 9.27. The Labute approximate surface area is 252 Å². The average molecular weight is 594 g/mol. The van der Waals surface area contributed by atoms with E-state index < -0.39 is 29.2 Å². The summed E-state index contributed by atoms with van der Waals surface area (Å²) < 4.78 is 25.5. The lowest BCUT2D eigenvalue weighted by Gasteiger charge is -2.37. The number of Topliss-reactive ketones (excluding diaryl/α,β-unsaturated/α-hetero) is 3. The van der Waals surface area contributed by atoms with E-state index in [0.717, 1.165) is 0 Å². The van der Waals surface area contributed by atoms with Gasteiger partial charge in [-0.1, -0.05) is 66.2 Å². The fourth-order valence-corrected chi connectivity index (χ4v) is 7.42. The predicted molar refractivity (Wildman–Crippen MR) is 161 cm³/mol. The molecule has 1 spiro atoms. The van der Waals surface area contributed by atoms with Crippen LogP contribution in [0.3, 0.4) is 0 Å². The number of methoxy groups -OCH3 is 2. The summed E-state index contributed by atoms with van der Waals surface area (Å²) in [6, 6.07) is 21.0. The summed E-state index contributed by atoms with van der Waals surface area (Å²) in [4.78, 5) is 46.1. The zero-order valence-electron chi connectivity index (χ0n) is 23.2. The smallest absolute Gasteiger partial charge is 0.187 e. The Hall–Kier alpha value is -4.75. The van der Waals surface area contributed by atoms with E-state index in [9.17, 15) is 18.8 Å². The van der Waals surface area contributed by atoms with Gasteiger partial charge in [0.25, 0.3) is 0 Å². The molecule has 4 aromatic rings. The molecule has 1 saturated heterocycles. The van der Waals surface area contributed by atoms with Gasteiger partial charge in [0.2, 0.25) is 0 Å². The van der Waals surface area contributed by atoms with Crippen molar-refractivity contribution in [3.63, 3.8) is 0 Å². The first-order valence-electron chi connectivity index (χ1n) is 13.8. The van der Waals surface area contributed by atoms with Gasteiger partial charge < -0.3 is 14.4 Å². The number of carbonyl (C=O) groups excluding carboxylic acids is 3. The van der Waals surface area contributed by atoms with Crippen LogP contribution < -0.4 is 14.4 Å². The van der Waals surface area contributed by atoms with Crippen molar-refractivity contribution < 1.29 is 28.2 Å². The third kappa shape index (κ3) is 3.67. The first-order chi connectivity index (χ1) is 20.8. The average Bonchev–Trinajstić information content (AvgIpc) is 3.46. The van der Waals surface area contributed by atoms with Crippen LogP contribution in [0.4, 0.5) is 10.1 Å². The van der Waals surface area contributed by atoms with E-state index in [1.165, 1.54) is 26.4 Å². The monoisotopic (exact) mass is 593 g/mol. The van der Waals surface area contributed by atoms with Crippen LogP contribution in [0.25, 0.3) is 6.08 Å². The summed E-state index contributed by atoms with van der Waals surface area (Å²) in [6.45, 7) is 0. The van der Waals surface area contributed by atoms with Crippen molar-refractivity contribution in [2.75, 3.05) is 19.1 Å². The van der Waals surface area contributed by atoms with Crippen LogP contribution in [0, 0.1) is 11.2 Å². The largest absolute Gasteiger partial charge is 0.493 e. The van der Waals surface area contributed by atoms with Crippen LogP contribution in [0.2, 0.25) is 5.02 Å². The molecule has 1 aliphatic carbocycles. The maximum absolute atomic E-state index is 14.8. The molecule has 0 amide bonds. The van der Waals surface area contributed by atoms with E-state index in [1.54, 1.807) is 84.9 Å². The molecule has 0 N–H and O–H groups in total. The van der Waals surface area contributed by atoms with Gasteiger partial charge in [0.15, 0.2) is 28.8 Å². The number of ketones is 3. The molecule has 0 saturated carbocycles. The van der Waals surface area contributed by atoms with Crippen molar-refractivity contribution in [2.24, 2.45) is 5.41 Å². The molecule has 3 aliphatic rings. The van der Waals surface area contributed by atoms with E-state index in [-0.39, 0.29) is 27.9 Å². The minimum absolute atomic E-state index is 0.246. The van der Waals surface area contributed by atoms with Gasteiger partial charge in [0.1, 0.15) is 17.3 Å². The number of hydrogen-bond acceptors (Lipinski definition) is 6. The van der Waals surface area contributed by atoms with Gasteiger partial charge >= 0.3 is 0 Å². The van der Waals surface area contributed by atoms with Crippen LogP contribution in [0.5, 0.6) is 11.5 Å². The lowest BCUT2D eigenvalue weighted by atomic mass is 9.64. The highest BCUT2D eigenvalue weighted by Gasteiger charge is 2.71. The van der Waals surface area contributed by atoms with Gasteiger partial charge in [0.05, 0.1) is 25.3 Å². The number of ether oxygens (including phenoxy) is 2. The first-order valence-corrected chi connectivity index (χ1v) is 14.2. The molecule has 6 nitrogen and oxygen atoms in total. The first kappa shape index (κ1) is 27.1. The van der Waals surface area contributed by atoms with Crippen molar-refractivity contribution in [3.05, 3.63) is 130 Å². The molecule has 2 heterocycles. The number of fused-ring (bicyclic) bond motifs is 5. The van der Waals surface area contributed by atoms with Crippen LogP contribution in [-0.2, 0) is 0 Å². The molecule has 8 heteroatoms. The molecule has 0 radical (unpaired) electrons. The molecule has 2 aliphatic heterocycles. The summed E-state index contributed by atoms with van der Waals surface area (Å²) in [7, 11) is 3.01. The summed E-state index contributed by atoms with van der Waals surface area (Å²) in [5.41, 5.74) is 0.773. The minimum Gasteiger partial charge on any atom is -0.493 e. The van der Waals surface area contributed by atoms with Crippen molar-refractivity contribution in [1.82, 2.24) is 0 Å². The Bertz CT molecular complexity index is 1850.